The molecule has 1 aliphatic heterocycles. The molecule has 3 nitrogen and oxygen atoms in total. The van der Waals surface area contributed by atoms with Gasteiger partial charge in [0.25, 0.3) is 0 Å². The van der Waals surface area contributed by atoms with Gasteiger partial charge in [-0.05, 0) is 37.8 Å². The maximum absolute atomic E-state index is 12.7. The molecule has 1 spiro atoms. The van der Waals surface area contributed by atoms with Crippen molar-refractivity contribution in [3.8, 4) is 0 Å². The van der Waals surface area contributed by atoms with Crippen LogP contribution in [0.4, 0.5) is 0 Å². The molecule has 1 amide bonds. The zero-order chi connectivity index (χ0) is 14.3. The standard InChI is InChI=1S/C16H24N2OS/c1-4-12(5-2)10-18-14(13-7-6-11(3)20-13)17-16(8-9-16)15(18)19/h6-7,12,14,17H,4-5,8-10H2,1-3H3. The predicted molar refractivity (Wildman–Crippen MR) is 82.7 cm³/mol. The van der Waals surface area contributed by atoms with Crippen LogP contribution in [0.2, 0.25) is 0 Å². The van der Waals surface area contributed by atoms with Gasteiger partial charge in [-0.2, -0.15) is 0 Å². The molecule has 1 saturated heterocycles. The van der Waals surface area contributed by atoms with Gasteiger partial charge < -0.3 is 4.90 Å². The van der Waals surface area contributed by atoms with Gasteiger partial charge in [0.1, 0.15) is 11.7 Å². The summed E-state index contributed by atoms with van der Waals surface area (Å²) in [4.78, 5) is 17.4. The molecule has 1 saturated carbocycles. The molecule has 2 aliphatic rings. The average molecular weight is 292 g/mol. The lowest BCUT2D eigenvalue weighted by Crippen LogP contribution is -2.35. The number of aryl methyl sites for hydroxylation is 1. The van der Waals surface area contributed by atoms with Gasteiger partial charge in [0.2, 0.25) is 5.91 Å². The largest absolute Gasteiger partial charge is 0.320 e. The van der Waals surface area contributed by atoms with Crippen molar-refractivity contribution in [2.45, 2.75) is 58.2 Å². The van der Waals surface area contributed by atoms with E-state index in [1.165, 1.54) is 9.75 Å². The highest BCUT2D eigenvalue weighted by atomic mass is 32.1. The van der Waals surface area contributed by atoms with Crippen LogP contribution in [0.15, 0.2) is 12.1 Å². The minimum Gasteiger partial charge on any atom is -0.320 e. The molecule has 0 aromatic carbocycles. The fourth-order valence-electron chi connectivity index (χ4n) is 3.12. The van der Waals surface area contributed by atoms with E-state index in [0.717, 1.165) is 32.2 Å². The first kappa shape index (κ1) is 14.1. The second kappa shape index (κ2) is 5.15. The van der Waals surface area contributed by atoms with Gasteiger partial charge >= 0.3 is 0 Å². The molecule has 1 unspecified atom stereocenters. The monoisotopic (exact) mass is 292 g/mol. The maximum Gasteiger partial charge on any atom is 0.244 e. The van der Waals surface area contributed by atoms with Crippen LogP contribution in [0.5, 0.6) is 0 Å². The molecular weight excluding hydrogens is 268 g/mol. The molecule has 1 atom stereocenters. The van der Waals surface area contributed by atoms with E-state index in [1.807, 2.05) is 0 Å². The summed E-state index contributed by atoms with van der Waals surface area (Å²) in [6, 6.07) is 4.32. The fourth-order valence-corrected chi connectivity index (χ4v) is 4.06. The van der Waals surface area contributed by atoms with Crippen molar-refractivity contribution in [2.24, 2.45) is 5.92 Å². The summed E-state index contributed by atoms with van der Waals surface area (Å²) < 4.78 is 0. The van der Waals surface area contributed by atoms with Crippen LogP contribution in [0.25, 0.3) is 0 Å². The Morgan fingerprint density at radius 1 is 1.40 bits per heavy atom. The normalized spacial score (nSPS) is 24.1. The summed E-state index contributed by atoms with van der Waals surface area (Å²) in [6.45, 7) is 7.46. The summed E-state index contributed by atoms with van der Waals surface area (Å²) in [5, 5.41) is 3.61. The van der Waals surface area contributed by atoms with Crippen LogP contribution in [-0.2, 0) is 4.79 Å². The highest BCUT2D eigenvalue weighted by Gasteiger charge is 2.59. The third-order valence-corrected chi connectivity index (χ3v) is 5.84. The Morgan fingerprint density at radius 3 is 2.60 bits per heavy atom. The minimum atomic E-state index is -0.214. The van der Waals surface area contributed by atoms with Crippen LogP contribution in [0.1, 0.15) is 55.5 Å². The Bertz CT molecular complexity index is 502. The molecule has 0 bridgehead atoms. The average Bonchev–Trinajstić information content (AvgIpc) is 3.03. The van der Waals surface area contributed by atoms with Crippen LogP contribution < -0.4 is 5.32 Å². The van der Waals surface area contributed by atoms with Gasteiger partial charge in [-0.3, -0.25) is 10.1 Å². The number of hydrogen-bond acceptors (Lipinski definition) is 3. The van der Waals surface area contributed by atoms with Crippen molar-refractivity contribution in [1.29, 1.82) is 0 Å². The fraction of sp³-hybridized carbons (Fsp3) is 0.688. The summed E-state index contributed by atoms with van der Waals surface area (Å²) in [5.74, 6) is 0.943. The molecule has 4 heteroatoms. The molecule has 3 rings (SSSR count). The van der Waals surface area contributed by atoms with Gasteiger partial charge in [0, 0.05) is 16.3 Å². The molecule has 0 radical (unpaired) electrons. The van der Waals surface area contributed by atoms with Crippen molar-refractivity contribution in [3.05, 3.63) is 21.9 Å². The number of thiophene rings is 1. The summed E-state index contributed by atoms with van der Waals surface area (Å²) in [7, 11) is 0. The molecule has 2 fully saturated rings. The topological polar surface area (TPSA) is 32.3 Å². The van der Waals surface area contributed by atoms with Crippen molar-refractivity contribution in [2.75, 3.05) is 6.54 Å². The van der Waals surface area contributed by atoms with E-state index in [2.05, 4.69) is 43.1 Å². The SMILES string of the molecule is CCC(CC)CN1C(=O)C2(CC2)NC1c1ccc(C)s1. The van der Waals surface area contributed by atoms with Gasteiger partial charge in [0.05, 0.1) is 0 Å². The number of rotatable bonds is 5. The zero-order valence-corrected chi connectivity index (χ0v) is 13.4. The molecular formula is C16H24N2OS. The first-order valence-corrected chi connectivity index (χ1v) is 8.56. The van der Waals surface area contributed by atoms with Gasteiger partial charge in [-0.15, -0.1) is 11.3 Å². The Labute approximate surface area is 125 Å². The van der Waals surface area contributed by atoms with E-state index in [1.54, 1.807) is 11.3 Å². The Kier molecular flexibility index (Phi) is 3.63. The number of carbonyl (C=O) groups is 1. The van der Waals surface area contributed by atoms with E-state index < -0.39 is 0 Å². The number of carbonyl (C=O) groups excluding carboxylic acids is 1. The molecule has 1 aromatic rings. The van der Waals surface area contributed by atoms with Crippen LogP contribution in [0.3, 0.4) is 0 Å². The lowest BCUT2D eigenvalue weighted by molar-refractivity contribution is -0.131. The van der Waals surface area contributed by atoms with E-state index in [-0.39, 0.29) is 11.7 Å². The number of hydrogen-bond donors (Lipinski definition) is 1. The predicted octanol–water partition coefficient (Wildman–Crippen LogP) is 3.46. The van der Waals surface area contributed by atoms with Crippen LogP contribution in [-0.4, -0.2) is 22.9 Å². The lowest BCUT2D eigenvalue weighted by Gasteiger charge is -2.27. The molecule has 110 valence electrons. The van der Waals surface area contributed by atoms with Crippen molar-refractivity contribution in [1.82, 2.24) is 10.2 Å². The summed E-state index contributed by atoms with van der Waals surface area (Å²) in [5.41, 5.74) is -0.214. The van der Waals surface area contributed by atoms with Gasteiger partial charge in [-0.1, -0.05) is 26.7 Å². The van der Waals surface area contributed by atoms with E-state index in [0.29, 0.717) is 11.8 Å². The first-order chi connectivity index (χ1) is 9.59. The lowest BCUT2D eigenvalue weighted by atomic mass is 10.0. The Morgan fingerprint density at radius 2 is 2.10 bits per heavy atom. The smallest absolute Gasteiger partial charge is 0.244 e. The molecule has 1 N–H and O–H groups in total. The van der Waals surface area contributed by atoms with Crippen molar-refractivity contribution < 1.29 is 4.79 Å². The molecule has 20 heavy (non-hydrogen) atoms. The van der Waals surface area contributed by atoms with E-state index in [4.69, 9.17) is 0 Å². The third kappa shape index (κ3) is 2.29. The number of nitrogens with zero attached hydrogens (tertiary/aromatic N) is 1. The Balaban J connectivity index is 1.84. The van der Waals surface area contributed by atoms with Gasteiger partial charge in [0.15, 0.2) is 0 Å². The van der Waals surface area contributed by atoms with E-state index in [9.17, 15) is 4.79 Å². The number of nitrogens with one attached hydrogen (secondary N) is 1. The zero-order valence-electron chi connectivity index (χ0n) is 12.6. The molecule has 2 heterocycles. The van der Waals surface area contributed by atoms with Crippen molar-refractivity contribution >= 4 is 17.2 Å². The van der Waals surface area contributed by atoms with Crippen LogP contribution >= 0.6 is 11.3 Å². The van der Waals surface area contributed by atoms with Crippen molar-refractivity contribution in [3.63, 3.8) is 0 Å². The molecule has 1 aliphatic carbocycles. The maximum atomic E-state index is 12.7. The van der Waals surface area contributed by atoms with E-state index >= 15 is 0 Å². The minimum absolute atomic E-state index is 0.101. The third-order valence-electron chi connectivity index (χ3n) is 4.79. The quantitative estimate of drug-likeness (QED) is 0.901. The second-order valence-corrected chi connectivity index (χ2v) is 7.54. The summed E-state index contributed by atoms with van der Waals surface area (Å²) >= 11 is 1.81. The van der Waals surface area contributed by atoms with Crippen LogP contribution in [0, 0.1) is 12.8 Å². The van der Waals surface area contributed by atoms with Gasteiger partial charge in [-0.25, -0.2) is 0 Å². The highest BCUT2D eigenvalue weighted by Crippen LogP contribution is 2.47. The first-order valence-electron chi connectivity index (χ1n) is 7.74. The number of amides is 1. The second-order valence-electron chi connectivity index (χ2n) is 6.22. The Hall–Kier alpha value is -0.870. The summed E-state index contributed by atoms with van der Waals surface area (Å²) in [6.07, 6.45) is 4.40. The molecule has 1 aromatic heterocycles. The highest BCUT2D eigenvalue weighted by molar-refractivity contribution is 7.12.